The molecule has 2 aromatic heterocycles. The lowest BCUT2D eigenvalue weighted by atomic mass is 10.2. The van der Waals surface area contributed by atoms with Crippen molar-refractivity contribution in [2.24, 2.45) is 0 Å². The number of carbonyl (C=O) groups is 1. The van der Waals surface area contributed by atoms with Crippen molar-refractivity contribution in [1.29, 1.82) is 0 Å². The van der Waals surface area contributed by atoms with Crippen LogP contribution in [-0.4, -0.2) is 47.7 Å². The molecule has 0 unspecified atom stereocenters. The van der Waals surface area contributed by atoms with Gasteiger partial charge in [-0.3, -0.25) is 9.78 Å². The second kappa shape index (κ2) is 7.22. The van der Waals surface area contributed by atoms with Crippen molar-refractivity contribution in [2.45, 2.75) is 20.3 Å². The van der Waals surface area contributed by atoms with Crippen LogP contribution in [0, 0.1) is 13.8 Å². The molecule has 2 aromatic rings. The summed E-state index contributed by atoms with van der Waals surface area (Å²) in [6.07, 6.45) is 4.38. The molecule has 22 heavy (non-hydrogen) atoms. The monoisotopic (exact) mass is 301 g/mol. The first-order valence-electron chi connectivity index (χ1n) is 7.40. The molecule has 0 N–H and O–H groups in total. The number of hydrogen-bond donors (Lipinski definition) is 0. The highest BCUT2D eigenvalue weighted by Gasteiger charge is 2.19. The molecular formula is C17H23N3O2. The van der Waals surface area contributed by atoms with Gasteiger partial charge in [-0.1, -0.05) is 0 Å². The minimum atomic E-state index is 0.0411. The molecule has 0 aliphatic carbocycles. The molecule has 0 aliphatic rings. The number of carbonyl (C=O) groups excluding carboxylic acids is 1. The molecule has 0 aromatic carbocycles. The van der Waals surface area contributed by atoms with Crippen LogP contribution in [0.4, 0.5) is 0 Å². The molecule has 0 atom stereocenters. The van der Waals surface area contributed by atoms with Crippen molar-refractivity contribution in [2.75, 3.05) is 27.3 Å². The normalized spacial score (nSPS) is 10.7. The number of aryl methyl sites for hydroxylation is 1. The van der Waals surface area contributed by atoms with Crippen molar-refractivity contribution in [1.82, 2.24) is 14.5 Å². The van der Waals surface area contributed by atoms with Gasteiger partial charge in [-0.25, -0.2) is 0 Å². The fraction of sp³-hybridized carbons (Fsp3) is 0.412. The van der Waals surface area contributed by atoms with Crippen LogP contribution in [0.1, 0.15) is 28.2 Å². The Bertz CT molecular complexity index is 635. The third kappa shape index (κ3) is 3.36. The first-order valence-corrected chi connectivity index (χ1v) is 7.40. The third-order valence-electron chi connectivity index (χ3n) is 3.75. The van der Waals surface area contributed by atoms with Gasteiger partial charge >= 0.3 is 0 Å². The predicted molar refractivity (Wildman–Crippen MR) is 86.5 cm³/mol. The lowest BCUT2D eigenvalue weighted by Gasteiger charge is -2.17. The quantitative estimate of drug-likeness (QED) is 0.771. The van der Waals surface area contributed by atoms with Gasteiger partial charge in [0.15, 0.2) is 0 Å². The van der Waals surface area contributed by atoms with Crippen LogP contribution >= 0.6 is 0 Å². The van der Waals surface area contributed by atoms with Crippen LogP contribution in [0.25, 0.3) is 5.69 Å². The Hall–Kier alpha value is -2.14. The van der Waals surface area contributed by atoms with E-state index in [1.807, 2.05) is 39.1 Å². The third-order valence-corrected chi connectivity index (χ3v) is 3.75. The summed E-state index contributed by atoms with van der Waals surface area (Å²) in [4.78, 5) is 18.5. The molecule has 0 aliphatic heterocycles. The molecule has 0 fully saturated rings. The second-order valence-corrected chi connectivity index (χ2v) is 5.40. The molecule has 1 amide bonds. The molecule has 118 valence electrons. The van der Waals surface area contributed by atoms with E-state index >= 15 is 0 Å². The second-order valence-electron chi connectivity index (χ2n) is 5.40. The van der Waals surface area contributed by atoms with Gasteiger partial charge in [0.05, 0.1) is 17.4 Å². The topological polar surface area (TPSA) is 47.4 Å². The summed E-state index contributed by atoms with van der Waals surface area (Å²) in [6.45, 7) is 5.31. The van der Waals surface area contributed by atoms with Crippen molar-refractivity contribution < 1.29 is 9.53 Å². The summed E-state index contributed by atoms with van der Waals surface area (Å²) in [5.41, 5.74) is 3.67. The lowest BCUT2D eigenvalue weighted by Crippen LogP contribution is -2.28. The molecule has 0 saturated heterocycles. The zero-order valence-corrected chi connectivity index (χ0v) is 13.7. The Labute approximate surface area is 131 Å². The smallest absolute Gasteiger partial charge is 0.255 e. The highest BCUT2D eigenvalue weighted by Crippen LogP contribution is 2.21. The Kier molecular flexibility index (Phi) is 5.33. The molecule has 0 saturated carbocycles. The summed E-state index contributed by atoms with van der Waals surface area (Å²) >= 11 is 0. The van der Waals surface area contributed by atoms with Gasteiger partial charge in [-0.15, -0.1) is 0 Å². The van der Waals surface area contributed by atoms with Gasteiger partial charge < -0.3 is 14.2 Å². The standard InChI is InChI=1S/C17H23N3O2/c1-13-11-16(17(21)19(3)9-6-10-22-4)14(2)20(13)15-7-5-8-18-12-15/h5,7-8,11-12H,6,9-10H2,1-4H3. The Morgan fingerprint density at radius 1 is 1.41 bits per heavy atom. The zero-order chi connectivity index (χ0) is 16.1. The molecule has 5 nitrogen and oxygen atoms in total. The summed E-state index contributed by atoms with van der Waals surface area (Å²) in [7, 11) is 3.50. The summed E-state index contributed by atoms with van der Waals surface area (Å²) in [6, 6.07) is 5.83. The Morgan fingerprint density at radius 2 is 2.18 bits per heavy atom. The SMILES string of the molecule is COCCCN(C)C(=O)c1cc(C)n(-c2cccnc2)c1C. The molecular weight excluding hydrogens is 278 g/mol. The van der Waals surface area contributed by atoms with Gasteiger partial charge in [0.1, 0.15) is 0 Å². The van der Waals surface area contributed by atoms with Gasteiger partial charge in [-0.2, -0.15) is 0 Å². The molecule has 5 heteroatoms. The maximum atomic E-state index is 12.6. The minimum Gasteiger partial charge on any atom is -0.385 e. The van der Waals surface area contributed by atoms with Gasteiger partial charge in [0.2, 0.25) is 0 Å². The van der Waals surface area contributed by atoms with E-state index < -0.39 is 0 Å². The number of pyridine rings is 1. The largest absolute Gasteiger partial charge is 0.385 e. The molecule has 0 radical (unpaired) electrons. The van der Waals surface area contributed by atoms with Crippen LogP contribution < -0.4 is 0 Å². The minimum absolute atomic E-state index is 0.0411. The van der Waals surface area contributed by atoms with E-state index in [-0.39, 0.29) is 5.91 Å². The highest BCUT2D eigenvalue weighted by molar-refractivity contribution is 5.95. The Morgan fingerprint density at radius 3 is 2.82 bits per heavy atom. The van der Waals surface area contributed by atoms with Crippen molar-refractivity contribution in [3.8, 4) is 5.69 Å². The predicted octanol–water partition coefficient (Wildman–Crippen LogP) is 2.60. The zero-order valence-electron chi connectivity index (χ0n) is 13.7. The molecule has 2 heterocycles. The van der Waals surface area contributed by atoms with E-state index in [1.165, 1.54) is 0 Å². The van der Waals surface area contributed by atoms with Crippen molar-refractivity contribution >= 4 is 5.91 Å². The van der Waals surface area contributed by atoms with Crippen LogP contribution in [0.15, 0.2) is 30.6 Å². The van der Waals surface area contributed by atoms with Gasteiger partial charge in [0, 0.05) is 44.9 Å². The number of ether oxygens (including phenoxy) is 1. The highest BCUT2D eigenvalue weighted by atomic mass is 16.5. The number of methoxy groups -OCH3 is 1. The fourth-order valence-electron chi connectivity index (χ4n) is 2.62. The summed E-state index contributed by atoms with van der Waals surface area (Å²) in [5, 5.41) is 0. The van der Waals surface area contributed by atoms with Gasteiger partial charge in [-0.05, 0) is 38.5 Å². The van der Waals surface area contributed by atoms with E-state index in [0.717, 1.165) is 29.1 Å². The maximum Gasteiger partial charge on any atom is 0.255 e. The number of rotatable bonds is 6. The van der Waals surface area contributed by atoms with Crippen molar-refractivity contribution in [3.63, 3.8) is 0 Å². The van der Waals surface area contributed by atoms with E-state index in [0.29, 0.717) is 13.2 Å². The summed E-state index contributed by atoms with van der Waals surface area (Å²) in [5.74, 6) is 0.0411. The van der Waals surface area contributed by atoms with E-state index in [9.17, 15) is 4.79 Å². The number of aromatic nitrogens is 2. The molecule has 2 rings (SSSR count). The molecule has 0 bridgehead atoms. The van der Waals surface area contributed by atoms with Crippen LogP contribution in [0.2, 0.25) is 0 Å². The maximum absolute atomic E-state index is 12.6. The van der Waals surface area contributed by atoms with Gasteiger partial charge in [0.25, 0.3) is 5.91 Å². The lowest BCUT2D eigenvalue weighted by molar-refractivity contribution is 0.0778. The first-order chi connectivity index (χ1) is 10.6. The van der Waals surface area contributed by atoms with Crippen LogP contribution in [0.3, 0.4) is 0 Å². The van der Waals surface area contributed by atoms with Crippen LogP contribution in [-0.2, 0) is 4.74 Å². The van der Waals surface area contributed by atoms with Crippen LogP contribution in [0.5, 0.6) is 0 Å². The average Bonchev–Trinajstić information content (AvgIpc) is 2.82. The van der Waals surface area contributed by atoms with E-state index in [2.05, 4.69) is 9.55 Å². The number of nitrogens with zero attached hydrogens (tertiary/aromatic N) is 3. The van der Waals surface area contributed by atoms with Crippen molar-refractivity contribution in [3.05, 3.63) is 47.5 Å². The average molecular weight is 301 g/mol. The number of hydrogen-bond acceptors (Lipinski definition) is 3. The first kappa shape index (κ1) is 16.2. The van der Waals surface area contributed by atoms with E-state index in [4.69, 9.17) is 4.74 Å². The molecule has 0 spiro atoms. The fourth-order valence-corrected chi connectivity index (χ4v) is 2.62. The number of amides is 1. The Balaban J connectivity index is 2.25. The summed E-state index contributed by atoms with van der Waals surface area (Å²) < 4.78 is 7.09. The van der Waals surface area contributed by atoms with E-state index in [1.54, 1.807) is 24.4 Å².